The van der Waals surface area contributed by atoms with Crippen LogP contribution in [-0.4, -0.2) is 29.5 Å². The van der Waals surface area contributed by atoms with Crippen molar-refractivity contribution < 1.29 is 9.84 Å². The van der Waals surface area contributed by atoms with Crippen LogP contribution in [0.15, 0.2) is 5.11 Å². The van der Waals surface area contributed by atoms with Crippen molar-refractivity contribution in [1.82, 2.24) is 0 Å². The lowest BCUT2D eigenvalue weighted by molar-refractivity contribution is 0.165. The van der Waals surface area contributed by atoms with Gasteiger partial charge in [-0.1, -0.05) is 11.5 Å². The van der Waals surface area contributed by atoms with Crippen molar-refractivity contribution in [3.8, 4) is 0 Å². The molecule has 1 aliphatic heterocycles. The normalized spacial score (nSPS) is 41.1. The second-order valence-electron chi connectivity index (χ2n) is 4.41. The molecule has 1 heterocycles. The molecule has 2 aliphatic carbocycles. The molecule has 0 aromatic heterocycles. The molecular weight excluding hydrogens is 194 g/mol. The topological polar surface area (TPSA) is 81.5 Å². The Hall–Kier alpha value is -0.770. The quantitative estimate of drug-likeness (QED) is 0.312. The van der Waals surface area contributed by atoms with Gasteiger partial charge in [-0.3, -0.25) is 0 Å². The zero-order valence-electron chi connectivity index (χ0n) is 8.75. The molecular formula is C10H17N3O2. The fraction of sp³-hybridized carbons (Fsp3) is 1.00. The lowest BCUT2D eigenvalue weighted by Crippen LogP contribution is -2.15. The minimum Gasteiger partial charge on any atom is -0.393 e. The summed E-state index contributed by atoms with van der Waals surface area (Å²) in [5.74, 6) is 0. The van der Waals surface area contributed by atoms with Gasteiger partial charge in [0, 0.05) is 4.91 Å². The maximum atomic E-state index is 9.06. The number of epoxide rings is 1. The van der Waals surface area contributed by atoms with Crippen LogP contribution >= 0.6 is 0 Å². The van der Waals surface area contributed by atoms with Gasteiger partial charge in [0.15, 0.2) is 0 Å². The molecule has 3 rings (SSSR count). The van der Waals surface area contributed by atoms with Crippen LogP contribution in [0.5, 0.6) is 0 Å². The van der Waals surface area contributed by atoms with Crippen LogP contribution in [0.2, 0.25) is 0 Å². The van der Waals surface area contributed by atoms with E-state index in [0.717, 1.165) is 19.3 Å². The summed E-state index contributed by atoms with van der Waals surface area (Å²) in [5, 5.41) is 12.5. The van der Waals surface area contributed by atoms with Crippen molar-refractivity contribution in [1.29, 1.82) is 0 Å². The van der Waals surface area contributed by atoms with Gasteiger partial charge in [-0.05, 0) is 37.6 Å². The number of aliphatic hydroxyl groups excluding tert-OH is 1. The van der Waals surface area contributed by atoms with E-state index in [2.05, 4.69) is 10.0 Å². The first-order valence-corrected chi connectivity index (χ1v) is 5.69. The molecule has 5 nitrogen and oxygen atoms in total. The number of hydrogen-bond acceptors (Lipinski definition) is 3. The maximum absolute atomic E-state index is 9.06. The van der Waals surface area contributed by atoms with Crippen LogP contribution < -0.4 is 0 Å². The number of rotatable bonds is 1. The predicted molar refractivity (Wildman–Crippen MR) is 55.3 cm³/mol. The van der Waals surface area contributed by atoms with Crippen LogP contribution in [-0.2, 0) is 4.74 Å². The molecule has 0 bridgehead atoms. The zero-order valence-corrected chi connectivity index (χ0v) is 8.75. The monoisotopic (exact) mass is 211 g/mol. The summed E-state index contributed by atoms with van der Waals surface area (Å²) in [4.78, 5) is 2.63. The second-order valence-corrected chi connectivity index (χ2v) is 4.41. The Balaban J connectivity index is 0.000000121. The van der Waals surface area contributed by atoms with E-state index >= 15 is 0 Å². The first-order chi connectivity index (χ1) is 7.31. The molecule has 1 saturated heterocycles. The number of hydrogen-bond donors (Lipinski definition) is 1. The van der Waals surface area contributed by atoms with E-state index in [0.29, 0.717) is 12.2 Å². The second kappa shape index (κ2) is 4.84. The van der Waals surface area contributed by atoms with E-state index < -0.39 is 0 Å². The number of fused-ring (bicyclic) bond motifs is 1. The number of azide groups is 1. The van der Waals surface area contributed by atoms with E-state index in [9.17, 15) is 0 Å². The highest BCUT2D eigenvalue weighted by atomic mass is 16.6. The number of nitrogens with zero attached hydrogens (tertiary/aromatic N) is 3. The average Bonchev–Trinajstić information content (AvgIpc) is 2.65. The van der Waals surface area contributed by atoms with Crippen LogP contribution in [0, 0.1) is 0 Å². The third-order valence-corrected chi connectivity index (χ3v) is 3.31. The van der Waals surface area contributed by atoms with Crippen LogP contribution in [0.1, 0.15) is 38.5 Å². The number of ether oxygens (including phenoxy) is 1. The van der Waals surface area contributed by atoms with Gasteiger partial charge in [0.25, 0.3) is 0 Å². The first-order valence-electron chi connectivity index (χ1n) is 5.69. The Morgan fingerprint density at radius 3 is 2.13 bits per heavy atom. The molecule has 0 amide bonds. The summed E-state index contributed by atoms with van der Waals surface area (Å²) in [6.45, 7) is 0. The molecule has 2 saturated carbocycles. The molecule has 0 radical (unpaired) electrons. The molecule has 15 heavy (non-hydrogen) atoms. The van der Waals surface area contributed by atoms with Crippen LogP contribution in [0.25, 0.3) is 10.4 Å². The molecule has 84 valence electrons. The summed E-state index contributed by atoms with van der Waals surface area (Å²) >= 11 is 0. The summed E-state index contributed by atoms with van der Waals surface area (Å²) in [6, 6.07) is -0.157. The Kier molecular flexibility index (Phi) is 3.46. The molecule has 0 aromatic rings. The molecule has 4 atom stereocenters. The molecule has 3 fully saturated rings. The van der Waals surface area contributed by atoms with Gasteiger partial charge in [0.05, 0.1) is 24.4 Å². The summed E-state index contributed by atoms with van der Waals surface area (Å²) in [5.41, 5.74) is 7.99. The highest BCUT2D eigenvalue weighted by Crippen LogP contribution is 2.37. The summed E-state index contributed by atoms with van der Waals surface area (Å²) in [7, 11) is 0. The Labute approximate surface area is 89.1 Å². The SMILES string of the molecule is C1CC2OC2C1.[N-]=[N+]=N[C@@H]1CCC[C@H]1O. The zero-order chi connectivity index (χ0) is 10.7. The molecule has 0 spiro atoms. The molecule has 0 aromatic carbocycles. The minimum absolute atomic E-state index is 0.157. The standard InChI is InChI=1S/C5H9N3O.C5H8O/c6-8-7-4-2-1-3-5(4)9;1-2-4-5(3-1)6-4/h4-5,9H,1-3H2;4-5H,1-3H2/t4-,5-;/m1./s1. The van der Waals surface area contributed by atoms with Crippen molar-refractivity contribution in [2.24, 2.45) is 5.11 Å². The van der Waals surface area contributed by atoms with Gasteiger partial charge in [-0.15, -0.1) is 0 Å². The largest absolute Gasteiger partial charge is 0.393 e. The summed E-state index contributed by atoms with van der Waals surface area (Å²) < 4.78 is 5.15. The molecule has 3 aliphatic rings. The van der Waals surface area contributed by atoms with Crippen molar-refractivity contribution in [2.75, 3.05) is 0 Å². The van der Waals surface area contributed by atoms with Gasteiger partial charge in [-0.2, -0.15) is 0 Å². The van der Waals surface area contributed by atoms with E-state index in [4.69, 9.17) is 15.4 Å². The number of aliphatic hydroxyl groups is 1. The lowest BCUT2D eigenvalue weighted by atomic mass is 10.2. The van der Waals surface area contributed by atoms with Gasteiger partial charge in [0.2, 0.25) is 0 Å². The van der Waals surface area contributed by atoms with Crippen LogP contribution in [0.4, 0.5) is 0 Å². The Morgan fingerprint density at radius 1 is 1.13 bits per heavy atom. The van der Waals surface area contributed by atoms with E-state index in [1.54, 1.807) is 0 Å². The van der Waals surface area contributed by atoms with Gasteiger partial charge < -0.3 is 9.84 Å². The van der Waals surface area contributed by atoms with Gasteiger partial charge in [-0.25, -0.2) is 0 Å². The molecule has 1 N–H and O–H groups in total. The summed E-state index contributed by atoms with van der Waals surface area (Å²) in [6.07, 6.45) is 7.72. The molecule has 2 unspecified atom stereocenters. The highest BCUT2D eigenvalue weighted by molar-refractivity contribution is 4.90. The first kappa shape index (κ1) is 10.7. The van der Waals surface area contributed by atoms with Crippen molar-refractivity contribution in [2.45, 2.75) is 62.9 Å². The van der Waals surface area contributed by atoms with Crippen molar-refractivity contribution in [3.05, 3.63) is 10.4 Å². The fourth-order valence-corrected chi connectivity index (χ4v) is 2.33. The highest BCUT2D eigenvalue weighted by Gasteiger charge is 2.42. The maximum Gasteiger partial charge on any atom is 0.0841 e. The lowest BCUT2D eigenvalue weighted by Gasteiger charge is -2.04. The third-order valence-electron chi connectivity index (χ3n) is 3.31. The Morgan fingerprint density at radius 2 is 1.80 bits per heavy atom. The smallest absolute Gasteiger partial charge is 0.0841 e. The van der Waals surface area contributed by atoms with Gasteiger partial charge in [0.1, 0.15) is 0 Å². The minimum atomic E-state index is -0.388. The van der Waals surface area contributed by atoms with Crippen LogP contribution in [0.3, 0.4) is 0 Å². The third kappa shape index (κ3) is 2.84. The fourth-order valence-electron chi connectivity index (χ4n) is 2.33. The predicted octanol–water partition coefficient (Wildman–Crippen LogP) is 2.15. The van der Waals surface area contributed by atoms with E-state index in [1.165, 1.54) is 19.3 Å². The van der Waals surface area contributed by atoms with E-state index in [-0.39, 0.29) is 12.1 Å². The van der Waals surface area contributed by atoms with Gasteiger partial charge >= 0.3 is 0 Å². The Bertz CT molecular complexity index is 257. The van der Waals surface area contributed by atoms with Crippen molar-refractivity contribution >= 4 is 0 Å². The molecule has 5 heteroatoms. The average molecular weight is 211 g/mol. The van der Waals surface area contributed by atoms with Crippen molar-refractivity contribution in [3.63, 3.8) is 0 Å². The van der Waals surface area contributed by atoms with E-state index in [1.807, 2.05) is 0 Å².